The first-order valence-electron chi connectivity index (χ1n) is 10.3. The Kier molecular flexibility index (Phi) is 8.54. The fourth-order valence-electron chi connectivity index (χ4n) is 3.13. The van der Waals surface area contributed by atoms with Crippen LogP contribution in [-0.4, -0.2) is 42.6 Å². The molecule has 0 spiro atoms. The maximum Gasteiger partial charge on any atom is 0.410 e. The van der Waals surface area contributed by atoms with Gasteiger partial charge in [-0.2, -0.15) is 0 Å². The third-order valence-electron chi connectivity index (χ3n) is 4.62. The number of benzene rings is 2. The second-order valence-corrected chi connectivity index (χ2v) is 8.48. The Morgan fingerprint density at radius 1 is 0.968 bits per heavy atom. The second kappa shape index (κ2) is 10.9. The summed E-state index contributed by atoms with van der Waals surface area (Å²) in [7, 11) is 1.51. The molecule has 0 atom stereocenters. The van der Waals surface area contributed by atoms with Crippen molar-refractivity contribution in [1.29, 1.82) is 0 Å². The molecule has 168 valence electrons. The van der Waals surface area contributed by atoms with Crippen LogP contribution in [0.3, 0.4) is 0 Å². The molecule has 0 heterocycles. The summed E-state index contributed by atoms with van der Waals surface area (Å²) < 4.78 is 31.9. The molecular formula is C24H30F2N2O3. The van der Waals surface area contributed by atoms with E-state index in [1.54, 1.807) is 45.0 Å². The zero-order valence-electron chi connectivity index (χ0n) is 18.5. The number of carbonyl (C=O) groups is 2. The van der Waals surface area contributed by atoms with Gasteiger partial charge in [-0.05, 0) is 69.0 Å². The molecule has 2 amide bonds. The Morgan fingerprint density at radius 3 is 1.90 bits per heavy atom. The van der Waals surface area contributed by atoms with Gasteiger partial charge >= 0.3 is 6.09 Å². The summed E-state index contributed by atoms with van der Waals surface area (Å²) in [5.41, 5.74) is 1.21. The average molecular weight is 433 g/mol. The SMILES string of the molecule is CN(CC(=O)NCCCC(c1ccc(F)cc1)c1ccc(F)cc1)C(=O)OC(C)(C)C. The molecule has 0 radical (unpaired) electrons. The van der Waals surface area contributed by atoms with Crippen LogP contribution in [0.15, 0.2) is 48.5 Å². The number of nitrogens with one attached hydrogen (secondary N) is 1. The molecule has 0 fully saturated rings. The molecule has 0 aliphatic heterocycles. The first kappa shape index (κ1) is 24.3. The number of nitrogens with zero attached hydrogens (tertiary/aromatic N) is 1. The zero-order chi connectivity index (χ0) is 23.0. The number of hydrogen-bond acceptors (Lipinski definition) is 3. The Morgan fingerprint density at radius 2 is 1.45 bits per heavy atom. The van der Waals surface area contributed by atoms with Crippen LogP contribution in [0.5, 0.6) is 0 Å². The smallest absolute Gasteiger partial charge is 0.410 e. The monoisotopic (exact) mass is 432 g/mol. The third-order valence-corrected chi connectivity index (χ3v) is 4.62. The molecule has 0 unspecified atom stereocenters. The molecule has 7 heteroatoms. The van der Waals surface area contributed by atoms with Crippen LogP contribution in [0.1, 0.15) is 50.7 Å². The van der Waals surface area contributed by atoms with E-state index in [0.717, 1.165) is 11.1 Å². The average Bonchev–Trinajstić information content (AvgIpc) is 2.68. The summed E-state index contributed by atoms with van der Waals surface area (Å²) in [5.74, 6) is -0.970. The van der Waals surface area contributed by atoms with Crippen LogP contribution in [-0.2, 0) is 9.53 Å². The van der Waals surface area contributed by atoms with Crippen molar-refractivity contribution in [2.24, 2.45) is 0 Å². The van der Waals surface area contributed by atoms with Crippen LogP contribution >= 0.6 is 0 Å². The maximum absolute atomic E-state index is 13.3. The molecule has 0 saturated carbocycles. The fraction of sp³-hybridized carbons (Fsp3) is 0.417. The van der Waals surface area contributed by atoms with E-state index in [9.17, 15) is 18.4 Å². The quantitative estimate of drug-likeness (QED) is 0.606. The van der Waals surface area contributed by atoms with Gasteiger partial charge in [-0.25, -0.2) is 13.6 Å². The van der Waals surface area contributed by atoms with Crippen LogP contribution in [0.25, 0.3) is 0 Å². The van der Waals surface area contributed by atoms with Gasteiger partial charge in [0.15, 0.2) is 0 Å². The predicted molar refractivity (Wildman–Crippen MR) is 116 cm³/mol. The van der Waals surface area contributed by atoms with E-state index in [1.165, 1.54) is 36.2 Å². The summed E-state index contributed by atoms with van der Waals surface area (Å²) in [6, 6.07) is 12.5. The van der Waals surface area contributed by atoms with Crippen molar-refractivity contribution in [3.8, 4) is 0 Å². The minimum absolute atomic E-state index is 0.0532. The van der Waals surface area contributed by atoms with Crippen molar-refractivity contribution in [2.45, 2.75) is 45.1 Å². The van der Waals surface area contributed by atoms with Crippen LogP contribution in [0, 0.1) is 11.6 Å². The standard InChI is InChI=1S/C24H30F2N2O3/c1-24(2,3)31-23(30)28(4)16-22(29)27-15-5-6-21(17-7-11-19(25)12-8-17)18-9-13-20(26)14-10-18/h7-14,21H,5-6,15-16H2,1-4H3,(H,27,29). The number of likely N-dealkylation sites (N-methyl/N-ethyl adjacent to an activating group) is 1. The topological polar surface area (TPSA) is 58.6 Å². The van der Waals surface area contributed by atoms with Gasteiger partial charge in [-0.3, -0.25) is 4.79 Å². The number of carbonyl (C=O) groups excluding carboxylic acids is 2. The van der Waals surface area contributed by atoms with Gasteiger partial charge in [0.05, 0.1) is 0 Å². The van der Waals surface area contributed by atoms with Crippen molar-refractivity contribution < 1.29 is 23.1 Å². The summed E-state index contributed by atoms with van der Waals surface area (Å²) in [6.07, 6.45) is 0.774. The molecule has 0 saturated heterocycles. The van der Waals surface area contributed by atoms with Crippen LogP contribution in [0.2, 0.25) is 0 Å². The zero-order valence-corrected chi connectivity index (χ0v) is 18.5. The number of amides is 2. The molecule has 2 aromatic rings. The highest BCUT2D eigenvalue weighted by Gasteiger charge is 2.21. The molecule has 1 N–H and O–H groups in total. The molecule has 5 nitrogen and oxygen atoms in total. The molecule has 2 aromatic carbocycles. The molecule has 31 heavy (non-hydrogen) atoms. The second-order valence-electron chi connectivity index (χ2n) is 8.48. The fourth-order valence-corrected chi connectivity index (χ4v) is 3.13. The molecule has 0 aliphatic rings. The van der Waals surface area contributed by atoms with Gasteiger partial charge in [0, 0.05) is 19.5 Å². The molecule has 0 aromatic heterocycles. The van der Waals surface area contributed by atoms with E-state index in [4.69, 9.17) is 4.74 Å². The van der Waals surface area contributed by atoms with Gasteiger partial charge in [0.2, 0.25) is 5.91 Å². The minimum Gasteiger partial charge on any atom is -0.444 e. The van der Waals surface area contributed by atoms with E-state index in [1.807, 2.05) is 0 Å². The van der Waals surface area contributed by atoms with E-state index in [2.05, 4.69) is 5.32 Å². The lowest BCUT2D eigenvalue weighted by molar-refractivity contribution is -0.122. The van der Waals surface area contributed by atoms with Crippen molar-refractivity contribution in [2.75, 3.05) is 20.1 Å². The normalized spacial score (nSPS) is 11.3. The lowest BCUT2D eigenvalue weighted by Gasteiger charge is -2.24. The molecule has 2 rings (SSSR count). The maximum atomic E-state index is 13.3. The summed E-state index contributed by atoms with van der Waals surface area (Å²) in [5, 5.41) is 2.80. The van der Waals surface area contributed by atoms with E-state index in [0.29, 0.717) is 19.4 Å². The van der Waals surface area contributed by atoms with Gasteiger partial charge in [-0.1, -0.05) is 24.3 Å². The van der Waals surface area contributed by atoms with Crippen molar-refractivity contribution >= 4 is 12.0 Å². The summed E-state index contributed by atoms with van der Waals surface area (Å²) in [6.45, 7) is 5.60. The third kappa shape index (κ3) is 8.36. The highest BCUT2D eigenvalue weighted by atomic mass is 19.1. The van der Waals surface area contributed by atoms with Crippen molar-refractivity contribution in [1.82, 2.24) is 10.2 Å². The molecular weight excluding hydrogens is 402 g/mol. The predicted octanol–water partition coefficient (Wildman–Crippen LogP) is 4.86. The lowest BCUT2D eigenvalue weighted by Crippen LogP contribution is -2.41. The molecule has 0 aliphatic carbocycles. The van der Waals surface area contributed by atoms with Gasteiger partial charge in [0.25, 0.3) is 0 Å². The largest absolute Gasteiger partial charge is 0.444 e. The first-order valence-corrected chi connectivity index (χ1v) is 10.3. The Bertz CT molecular complexity index is 816. The van der Waals surface area contributed by atoms with E-state index < -0.39 is 11.7 Å². The summed E-state index contributed by atoms with van der Waals surface area (Å²) >= 11 is 0. The van der Waals surface area contributed by atoms with Crippen LogP contribution in [0.4, 0.5) is 13.6 Å². The summed E-state index contributed by atoms with van der Waals surface area (Å²) in [4.78, 5) is 25.3. The highest BCUT2D eigenvalue weighted by molar-refractivity contribution is 5.82. The minimum atomic E-state index is -0.627. The lowest BCUT2D eigenvalue weighted by atomic mass is 9.87. The Balaban J connectivity index is 1.89. The van der Waals surface area contributed by atoms with Gasteiger partial charge in [-0.15, -0.1) is 0 Å². The number of hydrogen-bond donors (Lipinski definition) is 1. The van der Waals surface area contributed by atoms with Crippen molar-refractivity contribution in [3.05, 3.63) is 71.3 Å². The van der Waals surface area contributed by atoms with E-state index >= 15 is 0 Å². The number of ether oxygens (including phenoxy) is 1. The van der Waals surface area contributed by atoms with E-state index in [-0.39, 0.29) is 30.0 Å². The number of rotatable bonds is 8. The molecule has 0 bridgehead atoms. The van der Waals surface area contributed by atoms with Gasteiger partial charge < -0.3 is 15.0 Å². The van der Waals surface area contributed by atoms with Gasteiger partial charge in [0.1, 0.15) is 23.8 Å². The Labute approximate surface area is 182 Å². The first-order chi connectivity index (χ1) is 14.5. The van der Waals surface area contributed by atoms with Crippen molar-refractivity contribution in [3.63, 3.8) is 0 Å². The Hall–Kier alpha value is -2.96. The number of halogens is 2. The van der Waals surface area contributed by atoms with Crippen LogP contribution < -0.4 is 5.32 Å². The highest BCUT2D eigenvalue weighted by Crippen LogP contribution is 2.29.